The van der Waals surface area contributed by atoms with Crippen LogP contribution in [0.2, 0.25) is 0 Å². The van der Waals surface area contributed by atoms with E-state index >= 15 is 0 Å². The minimum atomic E-state index is -0.667. The molecule has 0 radical (unpaired) electrons. The van der Waals surface area contributed by atoms with Crippen molar-refractivity contribution in [2.75, 3.05) is 31.2 Å². The number of nitrogens with zero attached hydrogens (tertiary/aromatic N) is 2. The summed E-state index contributed by atoms with van der Waals surface area (Å²) < 4.78 is 5.41. The van der Waals surface area contributed by atoms with Gasteiger partial charge < -0.3 is 25.3 Å². The van der Waals surface area contributed by atoms with Gasteiger partial charge in [-0.15, -0.1) is 0 Å². The van der Waals surface area contributed by atoms with Gasteiger partial charge in [-0.3, -0.25) is 9.59 Å². The number of morpholine rings is 1. The first kappa shape index (κ1) is 22.8. The zero-order valence-electron chi connectivity index (χ0n) is 19.1. The number of aromatic amines is 1. The molecule has 1 aromatic carbocycles. The Morgan fingerprint density at radius 1 is 1.15 bits per heavy atom. The summed E-state index contributed by atoms with van der Waals surface area (Å²) in [5, 5.41) is 6.97. The number of hydrogen-bond donors (Lipinski definition) is 3. The highest BCUT2D eigenvalue weighted by Crippen LogP contribution is 2.19. The molecule has 1 fully saturated rings. The third-order valence-electron chi connectivity index (χ3n) is 5.87. The second-order valence-corrected chi connectivity index (χ2v) is 8.62. The zero-order valence-corrected chi connectivity index (χ0v) is 19.1. The van der Waals surface area contributed by atoms with Crippen LogP contribution < -0.4 is 15.5 Å². The SMILES string of the molecule is CC(C)C(=O)N[C@@H](Cc1c[nH]c2ccccc12)C(=O)NCc1ccnc(N2CCOCC2)c1. The molecule has 1 atom stereocenters. The number of anilines is 1. The number of benzene rings is 1. The van der Waals surface area contributed by atoms with Crippen LogP contribution in [0.3, 0.4) is 0 Å². The normalized spacial score (nSPS) is 14.9. The molecule has 3 N–H and O–H groups in total. The predicted molar refractivity (Wildman–Crippen MR) is 128 cm³/mol. The van der Waals surface area contributed by atoms with Gasteiger partial charge >= 0.3 is 0 Å². The number of hydrogen-bond acceptors (Lipinski definition) is 5. The van der Waals surface area contributed by atoms with Crippen LogP contribution in [0.4, 0.5) is 5.82 Å². The van der Waals surface area contributed by atoms with Crippen LogP contribution in [0.15, 0.2) is 48.8 Å². The Bertz CT molecular complexity index is 1100. The van der Waals surface area contributed by atoms with Crippen LogP contribution in [0, 0.1) is 5.92 Å². The molecular weight excluding hydrogens is 418 g/mol. The fourth-order valence-corrected chi connectivity index (χ4v) is 3.92. The summed E-state index contributed by atoms with van der Waals surface area (Å²) in [6.45, 7) is 6.98. The largest absolute Gasteiger partial charge is 0.378 e. The summed E-state index contributed by atoms with van der Waals surface area (Å²) >= 11 is 0. The highest BCUT2D eigenvalue weighted by Gasteiger charge is 2.23. The van der Waals surface area contributed by atoms with E-state index in [2.05, 4.69) is 25.5 Å². The van der Waals surface area contributed by atoms with Gasteiger partial charge in [-0.25, -0.2) is 4.98 Å². The van der Waals surface area contributed by atoms with Crippen molar-refractivity contribution >= 4 is 28.5 Å². The molecule has 0 bridgehead atoms. The minimum Gasteiger partial charge on any atom is -0.378 e. The van der Waals surface area contributed by atoms with Crippen molar-refractivity contribution in [3.8, 4) is 0 Å². The first-order valence-electron chi connectivity index (χ1n) is 11.4. The maximum Gasteiger partial charge on any atom is 0.243 e. The number of rotatable bonds is 8. The van der Waals surface area contributed by atoms with Crippen molar-refractivity contribution in [2.45, 2.75) is 32.9 Å². The summed E-state index contributed by atoms with van der Waals surface area (Å²) in [6.07, 6.45) is 4.07. The van der Waals surface area contributed by atoms with Crippen molar-refractivity contribution in [2.24, 2.45) is 5.92 Å². The van der Waals surface area contributed by atoms with Gasteiger partial charge in [0.25, 0.3) is 0 Å². The Morgan fingerprint density at radius 2 is 1.94 bits per heavy atom. The summed E-state index contributed by atoms with van der Waals surface area (Å²) in [7, 11) is 0. The van der Waals surface area contributed by atoms with E-state index in [1.165, 1.54) is 0 Å². The quantitative estimate of drug-likeness (QED) is 0.491. The highest BCUT2D eigenvalue weighted by atomic mass is 16.5. The van der Waals surface area contributed by atoms with Crippen LogP contribution in [0.1, 0.15) is 25.0 Å². The van der Waals surface area contributed by atoms with E-state index in [9.17, 15) is 9.59 Å². The Morgan fingerprint density at radius 3 is 2.73 bits per heavy atom. The standard InChI is InChI=1S/C25H31N5O3/c1-17(2)24(31)29-22(14-19-16-27-21-6-4-3-5-20(19)21)25(32)28-15-18-7-8-26-23(13-18)30-9-11-33-12-10-30/h3-8,13,16-17,22,27H,9-12,14-15H2,1-2H3,(H,28,32)(H,29,31)/t22-/m0/s1. The summed E-state index contributed by atoms with van der Waals surface area (Å²) in [5.74, 6) is 0.320. The lowest BCUT2D eigenvalue weighted by Crippen LogP contribution is -2.49. The Kier molecular flexibility index (Phi) is 7.24. The summed E-state index contributed by atoms with van der Waals surface area (Å²) in [5.41, 5.74) is 2.96. The molecule has 0 spiro atoms. The van der Waals surface area contributed by atoms with E-state index in [4.69, 9.17) is 4.74 Å². The van der Waals surface area contributed by atoms with Crippen molar-refractivity contribution in [1.82, 2.24) is 20.6 Å². The molecule has 2 amide bonds. The number of aromatic nitrogens is 2. The lowest BCUT2D eigenvalue weighted by Gasteiger charge is -2.28. The fraction of sp³-hybridized carbons (Fsp3) is 0.400. The van der Waals surface area contributed by atoms with Gasteiger partial charge in [0.05, 0.1) is 13.2 Å². The number of para-hydroxylation sites is 1. The predicted octanol–water partition coefficient (Wildman–Crippen LogP) is 2.40. The molecule has 1 saturated heterocycles. The van der Waals surface area contributed by atoms with Gasteiger partial charge in [-0.1, -0.05) is 32.0 Å². The smallest absolute Gasteiger partial charge is 0.243 e. The van der Waals surface area contributed by atoms with Gasteiger partial charge in [-0.2, -0.15) is 0 Å². The van der Waals surface area contributed by atoms with Crippen molar-refractivity contribution in [3.05, 3.63) is 59.9 Å². The Hall–Kier alpha value is -3.39. The number of carbonyl (C=O) groups is 2. The fourth-order valence-electron chi connectivity index (χ4n) is 3.92. The van der Waals surface area contributed by atoms with Crippen LogP contribution in [-0.4, -0.2) is 54.1 Å². The first-order chi connectivity index (χ1) is 16.0. The molecule has 0 aliphatic carbocycles. The molecule has 2 aromatic heterocycles. The third-order valence-corrected chi connectivity index (χ3v) is 5.87. The van der Waals surface area contributed by atoms with Gasteiger partial charge in [0.1, 0.15) is 11.9 Å². The van der Waals surface area contributed by atoms with Crippen molar-refractivity contribution in [3.63, 3.8) is 0 Å². The molecule has 4 rings (SSSR count). The monoisotopic (exact) mass is 449 g/mol. The van der Waals surface area contributed by atoms with Crippen molar-refractivity contribution in [1.29, 1.82) is 0 Å². The number of pyridine rings is 1. The van der Waals surface area contributed by atoms with E-state index in [0.717, 1.165) is 40.9 Å². The average Bonchev–Trinajstić information content (AvgIpc) is 3.25. The number of amides is 2. The average molecular weight is 450 g/mol. The maximum absolute atomic E-state index is 13.1. The molecule has 3 heterocycles. The van der Waals surface area contributed by atoms with E-state index < -0.39 is 6.04 Å². The lowest BCUT2D eigenvalue weighted by atomic mass is 10.0. The second-order valence-electron chi connectivity index (χ2n) is 8.62. The van der Waals surface area contributed by atoms with E-state index in [1.807, 2.05) is 56.4 Å². The van der Waals surface area contributed by atoms with Gasteiger partial charge in [0.15, 0.2) is 0 Å². The Balaban J connectivity index is 1.45. The van der Waals surface area contributed by atoms with E-state index in [1.54, 1.807) is 6.20 Å². The number of nitrogens with one attached hydrogen (secondary N) is 3. The lowest BCUT2D eigenvalue weighted by molar-refractivity contribution is -0.130. The molecule has 3 aromatic rings. The number of ether oxygens (including phenoxy) is 1. The second kappa shape index (κ2) is 10.5. The number of carbonyl (C=O) groups excluding carboxylic acids is 2. The molecule has 0 saturated carbocycles. The Labute approximate surface area is 193 Å². The van der Waals surface area contributed by atoms with E-state index in [-0.39, 0.29) is 17.7 Å². The topological polar surface area (TPSA) is 99.3 Å². The highest BCUT2D eigenvalue weighted by molar-refractivity contribution is 5.90. The third kappa shape index (κ3) is 5.70. The van der Waals surface area contributed by atoms with Crippen molar-refractivity contribution < 1.29 is 14.3 Å². The van der Waals surface area contributed by atoms with E-state index in [0.29, 0.717) is 26.2 Å². The summed E-state index contributed by atoms with van der Waals surface area (Å²) in [6, 6.07) is 11.2. The summed E-state index contributed by atoms with van der Waals surface area (Å²) in [4.78, 5) is 35.4. The van der Waals surface area contributed by atoms with Crippen LogP contribution >= 0.6 is 0 Å². The van der Waals surface area contributed by atoms with Crippen LogP contribution in [0.5, 0.6) is 0 Å². The number of H-pyrrole nitrogens is 1. The van der Waals surface area contributed by atoms with Crippen LogP contribution in [-0.2, 0) is 27.3 Å². The minimum absolute atomic E-state index is 0.145. The molecule has 8 nitrogen and oxygen atoms in total. The molecule has 174 valence electrons. The molecular formula is C25H31N5O3. The molecule has 1 aliphatic heterocycles. The molecule has 8 heteroatoms. The first-order valence-corrected chi connectivity index (χ1v) is 11.4. The van der Waals surface area contributed by atoms with Gasteiger partial charge in [0, 0.05) is 55.3 Å². The molecule has 1 aliphatic rings. The molecule has 0 unspecified atom stereocenters. The zero-order chi connectivity index (χ0) is 23.2. The van der Waals surface area contributed by atoms with Gasteiger partial charge in [-0.05, 0) is 29.3 Å². The molecule has 33 heavy (non-hydrogen) atoms. The number of fused-ring (bicyclic) bond motifs is 1. The van der Waals surface area contributed by atoms with Gasteiger partial charge in [0.2, 0.25) is 11.8 Å². The maximum atomic E-state index is 13.1. The van der Waals surface area contributed by atoms with Crippen LogP contribution in [0.25, 0.3) is 10.9 Å².